The highest BCUT2D eigenvalue weighted by molar-refractivity contribution is 5.95. The second-order valence-electron chi connectivity index (χ2n) is 9.22. The van der Waals surface area contributed by atoms with Gasteiger partial charge in [-0.1, -0.05) is 44.2 Å². The van der Waals surface area contributed by atoms with E-state index in [0.29, 0.717) is 45.3 Å². The highest BCUT2D eigenvalue weighted by atomic mass is 16.5. The fraction of sp³-hybridized carbons (Fsp3) is 0.500. The minimum Gasteiger partial charge on any atom is -0.388 e. The van der Waals surface area contributed by atoms with E-state index < -0.39 is 5.60 Å². The number of benzene rings is 2. The molecule has 0 aliphatic carbocycles. The van der Waals surface area contributed by atoms with Crippen LogP contribution in [0.5, 0.6) is 0 Å². The maximum absolute atomic E-state index is 10.3. The third kappa shape index (κ3) is 6.39. The zero-order chi connectivity index (χ0) is 23.8. The summed E-state index contributed by atoms with van der Waals surface area (Å²) in [5.41, 5.74) is 4.90. The monoisotopic (exact) mass is 466 g/mol. The van der Waals surface area contributed by atoms with E-state index in [1.807, 2.05) is 19.9 Å². The molecule has 1 aliphatic heterocycles. The lowest BCUT2D eigenvalue weighted by atomic mass is 9.99. The molecular weight excluding hydrogens is 428 g/mol. The first-order valence-corrected chi connectivity index (χ1v) is 12.5. The molecule has 4 rings (SSSR count). The van der Waals surface area contributed by atoms with Crippen molar-refractivity contribution in [2.24, 2.45) is 0 Å². The minimum absolute atomic E-state index is 0.347. The Morgan fingerprint density at radius 2 is 1.76 bits per heavy atom. The van der Waals surface area contributed by atoms with Gasteiger partial charge in [-0.25, -0.2) is 0 Å². The third-order valence-electron chi connectivity index (χ3n) is 6.78. The van der Waals surface area contributed by atoms with Crippen LogP contribution < -0.4 is 5.32 Å². The molecule has 1 saturated heterocycles. The van der Waals surface area contributed by atoms with Gasteiger partial charge in [0.1, 0.15) is 0 Å². The number of aromatic amines is 1. The fourth-order valence-electron chi connectivity index (χ4n) is 4.36. The van der Waals surface area contributed by atoms with E-state index in [4.69, 9.17) is 14.2 Å². The molecule has 184 valence electrons. The molecule has 0 amide bonds. The number of aliphatic hydroxyl groups is 1. The Labute approximate surface area is 202 Å². The van der Waals surface area contributed by atoms with Crippen LogP contribution in [0.15, 0.2) is 48.5 Å². The van der Waals surface area contributed by atoms with Gasteiger partial charge in [-0.15, -0.1) is 0 Å². The van der Waals surface area contributed by atoms with E-state index >= 15 is 0 Å². The predicted octanol–water partition coefficient (Wildman–Crippen LogP) is 5.51. The Balaban J connectivity index is 1.44. The largest absolute Gasteiger partial charge is 0.388 e. The first kappa shape index (κ1) is 24.7. The summed E-state index contributed by atoms with van der Waals surface area (Å²) in [4.78, 5) is 3.63. The lowest BCUT2D eigenvalue weighted by Crippen LogP contribution is -2.33. The smallest absolute Gasteiger partial charge is 0.0874 e. The number of hydrogen-bond donors (Lipinski definition) is 3. The molecule has 0 radical (unpaired) electrons. The molecule has 34 heavy (non-hydrogen) atoms. The van der Waals surface area contributed by atoms with Crippen molar-refractivity contribution in [2.45, 2.75) is 57.8 Å². The van der Waals surface area contributed by atoms with Crippen LogP contribution >= 0.6 is 0 Å². The molecule has 1 aliphatic rings. The van der Waals surface area contributed by atoms with E-state index in [-0.39, 0.29) is 0 Å². The van der Waals surface area contributed by atoms with Gasteiger partial charge in [0.2, 0.25) is 0 Å². The number of fused-ring (bicyclic) bond motifs is 1. The average molecular weight is 467 g/mol. The molecule has 0 unspecified atom stereocenters. The van der Waals surface area contributed by atoms with Crippen LogP contribution in [-0.2, 0) is 20.8 Å². The molecule has 2 heterocycles. The molecule has 3 aromatic rings. The number of rotatable bonds is 12. The van der Waals surface area contributed by atoms with Crippen molar-refractivity contribution >= 4 is 16.6 Å². The first-order valence-electron chi connectivity index (χ1n) is 12.5. The van der Waals surface area contributed by atoms with Gasteiger partial charge in [0.25, 0.3) is 0 Å². The molecule has 1 fully saturated rings. The summed E-state index contributed by atoms with van der Waals surface area (Å²) < 4.78 is 17.1. The summed E-state index contributed by atoms with van der Waals surface area (Å²) in [6.45, 7) is 7.39. The van der Waals surface area contributed by atoms with Crippen molar-refractivity contribution in [2.75, 3.05) is 38.4 Å². The lowest BCUT2D eigenvalue weighted by molar-refractivity contribution is -0.0634. The molecule has 0 atom stereocenters. The Kier molecular flexibility index (Phi) is 8.62. The molecule has 3 N–H and O–H groups in total. The minimum atomic E-state index is -0.736. The number of ether oxygens (including phenoxy) is 3. The zero-order valence-electron chi connectivity index (χ0n) is 20.4. The molecule has 0 bridgehead atoms. The number of hydrogen-bond acceptors (Lipinski definition) is 5. The zero-order valence-corrected chi connectivity index (χ0v) is 20.4. The second kappa shape index (κ2) is 11.8. The molecule has 0 saturated carbocycles. The van der Waals surface area contributed by atoms with Crippen LogP contribution in [0.3, 0.4) is 0 Å². The summed E-state index contributed by atoms with van der Waals surface area (Å²) in [5.74, 6) is 0. The molecular formula is C28H38N2O4. The van der Waals surface area contributed by atoms with Crippen molar-refractivity contribution < 1.29 is 19.3 Å². The Morgan fingerprint density at radius 3 is 2.50 bits per heavy atom. The molecule has 2 aromatic carbocycles. The maximum atomic E-state index is 10.3. The number of H-pyrrole nitrogens is 1. The van der Waals surface area contributed by atoms with Gasteiger partial charge in [0.15, 0.2) is 0 Å². The number of nitrogens with one attached hydrogen (secondary N) is 2. The van der Waals surface area contributed by atoms with E-state index in [1.165, 1.54) is 10.9 Å². The molecule has 1 aromatic heterocycles. The highest BCUT2D eigenvalue weighted by Gasteiger charge is 2.22. The van der Waals surface area contributed by atoms with E-state index in [9.17, 15) is 5.11 Å². The third-order valence-corrected chi connectivity index (χ3v) is 6.78. The van der Waals surface area contributed by atoms with Crippen LogP contribution in [0.2, 0.25) is 0 Å². The normalized spacial score (nSPS) is 15.1. The summed E-state index contributed by atoms with van der Waals surface area (Å²) in [6.07, 6.45) is 3.39. The van der Waals surface area contributed by atoms with Gasteiger partial charge in [-0.3, -0.25) is 0 Å². The van der Waals surface area contributed by atoms with Crippen LogP contribution in [0.25, 0.3) is 22.2 Å². The van der Waals surface area contributed by atoms with Crippen molar-refractivity contribution in [3.05, 3.63) is 54.1 Å². The van der Waals surface area contributed by atoms with E-state index in [2.05, 4.69) is 52.8 Å². The van der Waals surface area contributed by atoms with Crippen molar-refractivity contribution in [3.63, 3.8) is 0 Å². The Bertz CT molecular complexity index is 1020. The highest BCUT2D eigenvalue weighted by Crippen LogP contribution is 2.31. The van der Waals surface area contributed by atoms with Crippen molar-refractivity contribution in [1.82, 2.24) is 4.98 Å². The lowest BCUT2D eigenvalue weighted by Gasteiger charge is -2.25. The van der Waals surface area contributed by atoms with E-state index in [1.54, 1.807) is 0 Å². The summed E-state index contributed by atoms with van der Waals surface area (Å²) in [6, 6.07) is 17.4. The van der Waals surface area contributed by atoms with E-state index in [0.717, 1.165) is 48.5 Å². The van der Waals surface area contributed by atoms with Crippen molar-refractivity contribution in [3.8, 4) is 11.3 Å². The summed E-state index contributed by atoms with van der Waals surface area (Å²) in [5, 5.41) is 15.2. The molecule has 6 heteroatoms. The van der Waals surface area contributed by atoms with Gasteiger partial charge >= 0.3 is 0 Å². The summed E-state index contributed by atoms with van der Waals surface area (Å²) >= 11 is 0. The van der Waals surface area contributed by atoms with Crippen LogP contribution in [-0.4, -0.2) is 54.8 Å². The van der Waals surface area contributed by atoms with Crippen molar-refractivity contribution in [1.29, 1.82) is 0 Å². The van der Waals surface area contributed by atoms with Crippen LogP contribution in [0.1, 0.15) is 45.1 Å². The molecule has 6 nitrogen and oxygen atoms in total. The van der Waals surface area contributed by atoms with Gasteiger partial charge in [0, 0.05) is 30.3 Å². The molecule has 0 spiro atoms. The Morgan fingerprint density at radius 1 is 1.03 bits per heavy atom. The standard InChI is InChI=1S/C28H38N2O4/c1-3-28(31,4-2)20-34-15-14-33-19-21-16-23-18-25(22-8-6-5-7-9-22)30-27(23)26(17-21)29-24-10-12-32-13-11-24/h5-9,16-18,24,29-31H,3-4,10-15,19-20H2,1-2H3. The van der Waals surface area contributed by atoms with Gasteiger partial charge in [-0.2, -0.15) is 0 Å². The average Bonchev–Trinajstić information content (AvgIpc) is 3.32. The summed E-state index contributed by atoms with van der Waals surface area (Å²) in [7, 11) is 0. The first-order chi connectivity index (χ1) is 16.6. The van der Waals surface area contributed by atoms with Gasteiger partial charge in [-0.05, 0) is 55.0 Å². The maximum Gasteiger partial charge on any atom is 0.0874 e. The SMILES string of the molecule is CCC(O)(CC)COCCOCc1cc(NC2CCOCC2)c2[nH]c(-c3ccccc3)cc2c1. The number of anilines is 1. The van der Waals surface area contributed by atoms with Gasteiger partial charge in [0.05, 0.1) is 43.2 Å². The Hall–Kier alpha value is -2.38. The van der Waals surface area contributed by atoms with Gasteiger partial charge < -0.3 is 29.6 Å². The van der Waals surface area contributed by atoms with Crippen LogP contribution in [0.4, 0.5) is 5.69 Å². The quantitative estimate of drug-likeness (QED) is 0.307. The topological polar surface area (TPSA) is 75.7 Å². The fourth-order valence-corrected chi connectivity index (χ4v) is 4.36. The van der Waals surface area contributed by atoms with Crippen LogP contribution in [0, 0.1) is 0 Å². The second-order valence-corrected chi connectivity index (χ2v) is 9.22. The number of aromatic nitrogens is 1. The predicted molar refractivity (Wildman–Crippen MR) is 137 cm³/mol.